The topological polar surface area (TPSA) is 73.3 Å². The van der Waals surface area contributed by atoms with Crippen molar-refractivity contribution in [3.05, 3.63) is 17.7 Å². The lowest BCUT2D eigenvalue weighted by molar-refractivity contribution is 0.0243. The van der Waals surface area contributed by atoms with Crippen LogP contribution in [0.1, 0.15) is 25.3 Å². The van der Waals surface area contributed by atoms with E-state index in [2.05, 4.69) is 22.5 Å². The van der Waals surface area contributed by atoms with Gasteiger partial charge in [-0.3, -0.25) is 4.99 Å². The van der Waals surface area contributed by atoms with Crippen molar-refractivity contribution in [2.24, 2.45) is 4.99 Å². The molecule has 1 aliphatic rings. The van der Waals surface area contributed by atoms with E-state index in [1.54, 1.807) is 28.4 Å². The molecule has 1 aromatic carbocycles. The van der Waals surface area contributed by atoms with Gasteiger partial charge in [-0.15, -0.1) is 24.0 Å². The molecule has 0 aliphatic carbocycles. The van der Waals surface area contributed by atoms with E-state index >= 15 is 0 Å². The van der Waals surface area contributed by atoms with Crippen molar-refractivity contribution in [2.45, 2.75) is 31.9 Å². The van der Waals surface area contributed by atoms with Crippen LogP contribution in [-0.4, -0.2) is 53.1 Å². The highest BCUT2D eigenvalue weighted by atomic mass is 127. The van der Waals surface area contributed by atoms with E-state index in [4.69, 9.17) is 18.9 Å². The van der Waals surface area contributed by atoms with Crippen LogP contribution in [-0.2, 0) is 11.3 Å². The van der Waals surface area contributed by atoms with Crippen molar-refractivity contribution < 1.29 is 18.9 Å². The Kier molecular flexibility index (Phi) is 9.28. The molecule has 1 aliphatic heterocycles. The Labute approximate surface area is 172 Å². The molecule has 0 aromatic heterocycles. The number of methoxy groups -OCH3 is 3. The van der Waals surface area contributed by atoms with Gasteiger partial charge in [-0.25, -0.2) is 0 Å². The Morgan fingerprint density at radius 1 is 1.15 bits per heavy atom. The summed E-state index contributed by atoms with van der Waals surface area (Å²) in [4.78, 5) is 4.27. The number of ether oxygens (including phenoxy) is 4. The number of hydrogen-bond acceptors (Lipinski definition) is 5. The largest absolute Gasteiger partial charge is 0.493 e. The molecule has 1 atom stereocenters. The number of aliphatic imine (C=N–C) groups is 1. The van der Waals surface area contributed by atoms with Gasteiger partial charge in [0, 0.05) is 26.7 Å². The fraction of sp³-hybridized carbons (Fsp3) is 0.611. The number of guanidine groups is 1. The van der Waals surface area contributed by atoms with Gasteiger partial charge in [0.25, 0.3) is 0 Å². The SMILES string of the molecule is CN=C(NCc1cc(OC)c(OC)c(OC)c1)NCC1(C)CCCO1.I. The zero-order chi connectivity index (χ0) is 18.3. The summed E-state index contributed by atoms with van der Waals surface area (Å²) in [5.41, 5.74) is 0.880. The first-order valence-electron chi connectivity index (χ1n) is 8.42. The van der Waals surface area contributed by atoms with E-state index in [9.17, 15) is 0 Å². The van der Waals surface area contributed by atoms with Crippen LogP contribution in [0.2, 0.25) is 0 Å². The maximum Gasteiger partial charge on any atom is 0.203 e. The monoisotopic (exact) mass is 479 g/mol. The Bertz CT molecular complexity index is 579. The van der Waals surface area contributed by atoms with E-state index in [0.717, 1.165) is 37.5 Å². The average Bonchev–Trinajstić information content (AvgIpc) is 3.07. The third-order valence-corrected chi connectivity index (χ3v) is 4.34. The van der Waals surface area contributed by atoms with Crippen molar-refractivity contribution >= 4 is 29.9 Å². The molecule has 148 valence electrons. The molecule has 1 unspecified atom stereocenters. The molecule has 0 spiro atoms. The number of halogens is 1. The summed E-state index contributed by atoms with van der Waals surface area (Å²) >= 11 is 0. The zero-order valence-electron chi connectivity index (χ0n) is 16.2. The van der Waals surface area contributed by atoms with Gasteiger partial charge in [-0.2, -0.15) is 0 Å². The first-order valence-corrected chi connectivity index (χ1v) is 8.42. The minimum Gasteiger partial charge on any atom is -0.493 e. The number of rotatable bonds is 7. The summed E-state index contributed by atoms with van der Waals surface area (Å²) in [6.07, 6.45) is 2.17. The van der Waals surface area contributed by atoms with Gasteiger partial charge >= 0.3 is 0 Å². The van der Waals surface area contributed by atoms with Crippen molar-refractivity contribution in [2.75, 3.05) is 41.5 Å². The molecule has 1 fully saturated rings. The van der Waals surface area contributed by atoms with Crippen LogP contribution >= 0.6 is 24.0 Å². The molecule has 2 rings (SSSR count). The van der Waals surface area contributed by atoms with E-state index in [1.165, 1.54) is 0 Å². The minimum atomic E-state index is -0.121. The molecule has 8 heteroatoms. The second-order valence-electron chi connectivity index (χ2n) is 6.21. The van der Waals surface area contributed by atoms with Gasteiger partial charge in [0.2, 0.25) is 5.75 Å². The van der Waals surface area contributed by atoms with Gasteiger partial charge in [0.05, 0.1) is 26.9 Å². The Hall–Kier alpha value is -1.42. The van der Waals surface area contributed by atoms with Crippen LogP contribution in [0.3, 0.4) is 0 Å². The number of nitrogens with one attached hydrogen (secondary N) is 2. The zero-order valence-corrected chi connectivity index (χ0v) is 18.5. The number of hydrogen-bond donors (Lipinski definition) is 2. The maximum absolute atomic E-state index is 5.79. The van der Waals surface area contributed by atoms with Crippen LogP contribution < -0.4 is 24.8 Å². The number of nitrogens with zero attached hydrogens (tertiary/aromatic N) is 1. The van der Waals surface area contributed by atoms with Gasteiger partial charge in [-0.05, 0) is 37.5 Å². The van der Waals surface area contributed by atoms with Crippen molar-refractivity contribution in [1.29, 1.82) is 0 Å². The first kappa shape index (κ1) is 22.6. The summed E-state index contributed by atoms with van der Waals surface area (Å²) in [5, 5.41) is 6.63. The highest BCUT2D eigenvalue weighted by Gasteiger charge is 2.29. The molecule has 2 N–H and O–H groups in total. The molecular weight excluding hydrogens is 449 g/mol. The van der Waals surface area contributed by atoms with Gasteiger partial charge < -0.3 is 29.6 Å². The predicted octanol–water partition coefficient (Wildman–Crippen LogP) is 2.56. The lowest BCUT2D eigenvalue weighted by Gasteiger charge is -2.24. The van der Waals surface area contributed by atoms with Crippen LogP contribution in [0.4, 0.5) is 0 Å². The highest BCUT2D eigenvalue weighted by Crippen LogP contribution is 2.38. The van der Waals surface area contributed by atoms with Gasteiger partial charge in [0.1, 0.15) is 0 Å². The summed E-state index contributed by atoms with van der Waals surface area (Å²) in [7, 11) is 6.56. The second kappa shape index (κ2) is 10.7. The molecule has 0 radical (unpaired) electrons. The molecule has 26 heavy (non-hydrogen) atoms. The Morgan fingerprint density at radius 3 is 2.27 bits per heavy atom. The quantitative estimate of drug-likeness (QED) is 0.356. The fourth-order valence-corrected chi connectivity index (χ4v) is 2.89. The molecule has 0 bridgehead atoms. The third kappa shape index (κ3) is 5.80. The third-order valence-electron chi connectivity index (χ3n) is 4.34. The average molecular weight is 479 g/mol. The standard InChI is InChI=1S/C18H29N3O4.HI/c1-18(7-6-8-25-18)12-21-17(19-2)20-11-13-9-14(22-3)16(24-5)15(10-13)23-4;/h9-10H,6-8,11-12H2,1-5H3,(H2,19,20,21);1H. The molecule has 0 amide bonds. The molecule has 1 aromatic rings. The maximum atomic E-state index is 5.79. The van der Waals surface area contributed by atoms with Crippen LogP contribution in [0, 0.1) is 0 Å². The summed E-state index contributed by atoms with van der Waals surface area (Å²) in [5.74, 6) is 2.58. The smallest absolute Gasteiger partial charge is 0.203 e. The number of benzene rings is 1. The summed E-state index contributed by atoms with van der Waals surface area (Å²) in [6.45, 7) is 4.25. The van der Waals surface area contributed by atoms with Crippen molar-refractivity contribution in [3.8, 4) is 17.2 Å². The molecular formula is C18H30IN3O4. The van der Waals surface area contributed by atoms with Crippen molar-refractivity contribution in [3.63, 3.8) is 0 Å². The molecule has 1 saturated heterocycles. The lowest BCUT2D eigenvalue weighted by Crippen LogP contribution is -2.45. The van der Waals surface area contributed by atoms with Crippen LogP contribution in [0.15, 0.2) is 17.1 Å². The molecule has 1 heterocycles. The van der Waals surface area contributed by atoms with Gasteiger partial charge in [0.15, 0.2) is 17.5 Å². The van der Waals surface area contributed by atoms with E-state index < -0.39 is 0 Å². The Balaban J connectivity index is 0.00000338. The van der Waals surface area contributed by atoms with Crippen LogP contribution in [0.5, 0.6) is 17.2 Å². The van der Waals surface area contributed by atoms with E-state index in [0.29, 0.717) is 23.8 Å². The minimum absolute atomic E-state index is 0. The van der Waals surface area contributed by atoms with Crippen LogP contribution in [0.25, 0.3) is 0 Å². The predicted molar refractivity (Wildman–Crippen MR) is 113 cm³/mol. The molecule has 7 nitrogen and oxygen atoms in total. The fourth-order valence-electron chi connectivity index (χ4n) is 2.89. The normalized spacial score (nSPS) is 19.5. The lowest BCUT2D eigenvalue weighted by atomic mass is 10.0. The van der Waals surface area contributed by atoms with E-state index in [1.807, 2.05) is 12.1 Å². The summed E-state index contributed by atoms with van der Waals surface area (Å²) < 4.78 is 21.9. The van der Waals surface area contributed by atoms with E-state index in [-0.39, 0.29) is 29.6 Å². The van der Waals surface area contributed by atoms with Crippen molar-refractivity contribution in [1.82, 2.24) is 10.6 Å². The Morgan fingerprint density at radius 2 is 1.81 bits per heavy atom. The summed E-state index contributed by atoms with van der Waals surface area (Å²) in [6, 6.07) is 3.84. The highest BCUT2D eigenvalue weighted by molar-refractivity contribution is 14.0. The second-order valence-corrected chi connectivity index (χ2v) is 6.21. The molecule has 0 saturated carbocycles. The first-order chi connectivity index (χ1) is 12.0. The van der Waals surface area contributed by atoms with Gasteiger partial charge in [-0.1, -0.05) is 0 Å².